The molecule has 0 fully saturated rings. The van der Waals surface area contributed by atoms with Crippen molar-refractivity contribution in [2.24, 2.45) is 0 Å². The molecule has 0 spiro atoms. The van der Waals surface area contributed by atoms with Gasteiger partial charge in [0.25, 0.3) is 0 Å². The molecule has 0 amide bonds. The van der Waals surface area contributed by atoms with Crippen LogP contribution in [0.2, 0.25) is 0 Å². The molecule has 0 saturated carbocycles. The third-order valence-electron chi connectivity index (χ3n) is 3.49. The first-order valence-electron chi connectivity index (χ1n) is 6.64. The monoisotopic (exact) mass is 270 g/mol. The van der Waals surface area contributed by atoms with Crippen LogP contribution in [0.15, 0.2) is 42.5 Å². The van der Waals surface area contributed by atoms with E-state index in [9.17, 15) is 5.11 Å². The van der Waals surface area contributed by atoms with Crippen molar-refractivity contribution in [1.29, 1.82) is 0 Å². The molecule has 1 aliphatic rings. The van der Waals surface area contributed by atoms with Crippen LogP contribution < -0.4 is 15.0 Å². The standard InChI is InChI=1S/C16H18N2O2/c1-18(2)15-6-4-3-5-13(15)17-14-10-20-16-9-11(19)7-8-12(14)16/h3-9,14,17,19H,10H2,1-2H3. The molecule has 4 nitrogen and oxygen atoms in total. The fourth-order valence-corrected chi connectivity index (χ4v) is 2.49. The second-order valence-corrected chi connectivity index (χ2v) is 5.14. The summed E-state index contributed by atoms with van der Waals surface area (Å²) in [5, 5.41) is 13.0. The van der Waals surface area contributed by atoms with E-state index in [4.69, 9.17) is 4.74 Å². The van der Waals surface area contributed by atoms with Gasteiger partial charge in [-0.1, -0.05) is 12.1 Å². The first-order valence-corrected chi connectivity index (χ1v) is 6.64. The van der Waals surface area contributed by atoms with E-state index in [0.717, 1.165) is 22.7 Å². The second-order valence-electron chi connectivity index (χ2n) is 5.14. The number of hydrogen-bond donors (Lipinski definition) is 2. The predicted molar refractivity (Wildman–Crippen MR) is 80.7 cm³/mol. The third-order valence-corrected chi connectivity index (χ3v) is 3.49. The highest BCUT2D eigenvalue weighted by atomic mass is 16.5. The van der Waals surface area contributed by atoms with Crippen molar-refractivity contribution in [3.05, 3.63) is 48.0 Å². The summed E-state index contributed by atoms with van der Waals surface area (Å²) < 4.78 is 5.63. The zero-order chi connectivity index (χ0) is 14.1. The van der Waals surface area contributed by atoms with Gasteiger partial charge in [0.2, 0.25) is 0 Å². The maximum absolute atomic E-state index is 9.48. The molecule has 0 saturated heterocycles. The molecule has 1 unspecified atom stereocenters. The average Bonchev–Trinajstić information content (AvgIpc) is 2.81. The first kappa shape index (κ1) is 12.7. The molecule has 0 aliphatic carbocycles. The van der Waals surface area contributed by atoms with Crippen molar-refractivity contribution in [1.82, 2.24) is 0 Å². The van der Waals surface area contributed by atoms with E-state index < -0.39 is 0 Å². The number of hydrogen-bond acceptors (Lipinski definition) is 4. The Labute approximate surface area is 118 Å². The van der Waals surface area contributed by atoms with Gasteiger partial charge in [-0.15, -0.1) is 0 Å². The molecule has 0 bridgehead atoms. The number of benzene rings is 2. The van der Waals surface area contributed by atoms with E-state index >= 15 is 0 Å². The van der Waals surface area contributed by atoms with Crippen molar-refractivity contribution in [3.63, 3.8) is 0 Å². The van der Waals surface area contributed by atoms with Crippen LogP contribution in [0.3, 0.4) is 0 Å². The summed E-state index contributed by atoms with van der Waals surface area (Å²) in [5.74, 6) is 0.989. The van der Waals surface area contributed by atoms with Gasteiger partial charge in [0, 0.05) is 25.7 Å². The second kappa shape index (κ2) is 4.96. The van der Waals surface area contributed by atoms with Crippen LogP contribution in [-0.4, -0.2) is 25.8 Å². The lowest BCUT2D eigenvalue weighted by molar-refractivity contribution is 0.338. The van der Waals surface area contributed by atoms with Gasteiger partial charge < -0.3 is 20.1 Å². The molecule has 1 atom stereocenters. The topological polar surface area (TPSA) is 44.7 Å². The van der Waals surface area contributed by atoms with Crippen LogP contribution in [-0.2, 0) is 0 Å². The summed E-state index contributed by atoms with van der Waals surface area (Å²) in [6.45, 7) is 0.570. The zero-order valence-corrected chi connectivity index (χ0v) is 11.6. The van der Waals surface area contributed by atoms with Gasteiger partial charge in [0.05, 0.1) is 17.4 Å². The lowest BCUT2D eigenvalue weighted by Crippen LogP contribution is -2.16. The maximum Gasteiger partial charge on any atom is 0.128 e. The van der Waals surface area contributed by atoms with Gasteiger partial charge in [-0.3, -0.25) is 0 Å². The summed E-state index contributed by atoms with van der Waals surface area (Å²) in [6.07, 6.45) is 0. The van der Waals surface area contributed by atoms with Gasteiger partial charge in [-0.25, -0.2) is 0 Å². The number of rotatable bonds is 3. The van der Waals surface area contributed by atoms with Crippen LogP contribution in [0.25, 0.3) is 0 Å². The summed E-state index contributed by atoms with van der Waals surface area (Å²) in [4.78, 5) is 2.08. The summed E-state index contributed by atoms with van der Waals surface area (Å²) in [5.41, 5.74) is 3.29. The molecule has 2 aromatic rings. The number of phenolic OH excluding ortho intramolecular Hbond substituents is 1. The smallest absolute Gasteiger partial charge is 0.128 e. The highest BCUT2D eigenvalue weighted by Gasteiger charge is 2.25. The highest BCUT2D eigenvalue weighted by Crippen LogP contribution is 2.38. The SMILES string of the molecule is CN(C)c1ccccc1NC1COc2cc(O)ccc21. The Hall–Kier alpha value is -2.36. The minimum absolute atomic E-state index is 0.103. The number of anilines is 2. The molecule has 4 heteroatoms. The summed E-state index contributed by atoms with van der Waals surface area (Å²) >= 11 is 0. The number of nitrogens with one attached hydrogen (secondary N) is 1. The van der Waals surface area contributed by atoms with Crippen LogP contribution in [0.5, 0.6) is 11.5 Å². The van der Waals surface area contributed by atoms with Crippen molar-refractivity contribution in [2.45, 2.75) is 6.04 Å². The Kier molecular flexibility index (Phi) is 3.14. The first-order chi connectivity index (χ1) is 9.65. The maximum atomic E-state index is 9.48. The van der Waals surface area contributed by atoms with Crippen molar-refractivity contribution in [3.8, 4) is 11.5 Å². The van der Waals surface area contributed by atoms with Crippen molar-refractivity contribution in [2.75, 3.05) is 30.9 Å². The van der Waals surface area contributed by atoms with E-state index in [1.807, 2.05) is 32.3 Å². The Morgan fingerprint density at radius 3 is 2.80 bits per heavy atom. The van der Waals surface area contributed by atoms with Crippen LogP contribution in [0.4, 0.5) is 11.4 Å². The number of aromatic hydroxyl groups is 1. The molecular formula is C16H18N2O2. The van der Waals surface area contributed by atoms with Gasteiger partial charge in [0.1, 0.15) is 18.1 Å². The quantitative estimate of drug-likeness (QED) is 0.900. The average molecular weight is 270 g/mol. The Balaban J connectivity index is 1.88. The molecule has 2 aromatic carbocycles. The molecule has 2 N–H and O–H groups in total. The van der Waals surface area contributed by atoms with Gasteiger partial charge >= 0.3 is 0 Å². The predicted octanol–water partition coefficient (Wildman–Crippen LogP) is 3.00. The third kappa shape index (κ3) is 2.25. The number of para-hydroxylation sites is 2. The molecule has 20 heavy (non-hydrogen) atoms. The van der Waals surface area contributed by atoms with Crippen molar-refractivity contribution < 1.29 is 9.84 Å². The largest absolute Gasteiger partial charge is 0.508 e. The summed E-state index contributed by atoms with van der Waals surface area (Å²) in [7, 11) is 4.05. The van der Waals surface area contributed by atoms with E-state index in [1.54, 1.807) is 12.1 Å². The molecule has 0 aromatic heterocycles. The number of nitrogens with zero attached hydrogens (tertiary/aromatic N) is 1. The Morgan fingerprint density at radius 2 is 2.00 bits per heavy atom. The van der Waals surface area contributed by atoms with E-state index in [0.29, 0.717) is 6.61 Å². The van der Waals surface area contributed by atoms with Crippen LogP contribution in [0, 0.1) is 0 Å². The van der Waals surface area contributed by atoms with E-state index in [2.05, 4.69) is 22.3 Å². The molecular weight excluding hydrogens is 252 g/mol. The molecule has 1 aliphatic heterocycles. The number of ether oxygens (including phenoxy) is 1. The number of phenols is 1. The van der Waals surface area contributed by atoms with E-state index in [1.165, 1.54) is 0 Å². The molecule has 0 radical (unpaired) electrons. The van der Waals surface area contributed by atoms with Gasteiger partial charge in [0.15, 0.2) is 0 Å². The van der Waals surface area contributed by atoms with Gasteiger partial charge in [-0.2, -0.15) is 0 Å². The van der Waals surface area contributed by atoms with Crippen LogP contribution in [0.1, 0.15) is 11.6 Å². The molecule has 3 rings (SSSR count). The fourth-order valence-electron chi connectivity index (χ4n) is 2.49. The van der Waals surface area contributed by atoms with E-state index in [-0.39, 0.29) is 11.8 Å². The normalized spacial score (nSPS) is 16.4. The zero-order valence-electron chi connectivity index (χ0n) is 11.6. The lowest BCUT2D eigenvalue weighted by Gasteiger charge is -2.21. The molecule has 1 heterocycles. The Bertz CT molecular complexity index is 626. The molecule has 104 valence electrons. The Morgan fingerprint density at radius 1 is 1.20 bits per heavy atom. The minimum Gasteiger partial charge on any atom is -0.508 e. The number of fused-ring (bicyclic) bond motifs is 1. The summed E-state index contributed by atoms with van der Waals surface area (Å²) in [6, 6.07) is 13.6. The van der Waals surface area contributed by atoms with Crippen molar-refractivity contribution >= 4 is 11.4 Å². The van der Waals surface area contributed by atoms with Crippen LogP contribution >= 0.6 is 0 Å². The van der Waals surface area contributed by atoms with Gasteiger partial charge in [-0.05, 0) is 24.3 Å². The fraction of sp³-hybridized carbons (Fsp3) is 0.250. The minimum atomic E-state index is 0.103. The lowest BCUT2D eigenvalue weighted by atomic mass is 10.1. The highest BCUT2D eigenvalue weighted by molar-refractivity contribution is 5.70.